The molecule has 3 nitrogen and oxygen atoms in total. The van der Waals surface area contributed by atoms with E-state index in [4.69, 9.17) is 5.53 Å². The van der Waals surface area contributed by atoms with E-state index in [1.165, 1.54) is 0 Å². The zero-order chi connectivity index (χ0) is 8.27. The van der Waals surface area contributed by atoms with E-state index in [1.54, 1.807) is 12.1 Å². The molecule has 0 spiro atoms. The lowest BCUT2D eigenvalue weighted by Gasteiger charge is -1.97. The highest BCUT2D eigenvalue weighted by atomic mass is 32.1. The first kappa shape index (κ1) is 7.98. The maximum Gasteiger partial charge on any atom is 0.0378 e. The van der Waals surface area contributed by atoms with E-state index in [0.29, 0.717) is 5.69 Å². The first-order chi connectivity index (χ1) is 5.24. The molecule has 0 saturated heterocycles. The second kappa shape index (κ2) is 3.32. The van der Waals surface area contributed by atoms with Crippen molar-refractivity contribution >= 4 is 18.3 Å². The van der Waals surface area contributed by atoms with Crippen LogP contribution in [-0.4, -0.2) is 0 Å². The Bertz CT molecular complexity index is 315. The number of thiol groups is 1. The highest BCUT2D eigenvalue weighted by Gasteiger charge is 1.92. The largest absolute Gasteiger partial charge is 0.143 e. The van der Waals surface area contributed by atoms with Crippen molar-refractivity contribution in [3.8, 4) is 0 Å². The zero-order valence-electron chi connectivity index (χ0n) is 6.02. The van der Waals surface area contributed by atoms with Crippen molar-refractivity contribution in [3.63, 3.8) is 0 Å². The second-order valence-electron chi connectivity index (χ2n) is 2.16. The molecule has 1 aromatic rings. The number of hydrogen-bond donors (Lipinski definition) is 1. The molecule has 0 unspecified atom stereocenters. The van der Waals surface area contributed by atoms with E-state index in [1.807, 2.05) is 13.0 Å². The molecule has 0 aliphatic carbocycles. The second-order valence-corrected chi connectivity index (χ2v) is 2.64. The van der Waals surface area contributed by atoms with Crippen LogP contribution in [0.4, 0.5) is 5.69 Å². The minimum atomic E-state index is 0.628. The first-order valence-electron chi connectivity index (χ1n) is 3.09. The summed E-state index contributed by atoms with van der Waals surface area (Å²) in [5, 5.41) is 3.46. The third-order valence-electron chi connectivity index (χ3n) is 1.34. The maximum absolute atomic E-state index is 8.12. The van der Waals surface area contributed by atoms with Gasteiger partial charge in [-0.15, -0.1) is 12.6 Å². The highest BCUT2D eigenvalue weighted by Crippen LogP contribution is 2.19. The number of hydrogen-bond acceptors (Lipinski definition) is 2. The summed E-state index contributed by atoms with van der Waals surface area (Å²) < 4.78 is 0. The van der Waals surface area contributed by atoms with Gasteiger partial charge in [0.05, 0.1) is 0 Å². The Hall–Kier alpha value is -1.12. The predicted octanol–water partition coefficient (Wildman–Crippen LogP) is 3.23. The van der Waals surface area contributed by atoms with Crippen molar-refractivity contribution in [1.29, 1.82) is 0 Å². The molecule has 11 heavy (non-hydrogen) atoms. The minimum Gasteiger partial charge on any atom is -0.143 e. The molecular formula is C7H7N3S. The van der Waals surface area contributed by atoms with Gasteiger partial charge in [0.1, 0.15) is 0 Å². The molecule has 0 amide bonds. The van der Waals surface area contributed by atoms with Crippen LogP contribution in [0.15, 0.2) is 28.2 Å². The van der Waals surface area contributed by atoms with Crippen molar-refractivity contribution in [2.45, 2.75) is 11.8 Å². The Morgan fingerprint density at radius 2 is 2.27 bits per heavy atom. The molecule has 0 aromatic heterocycles. The van der Waals surface area contributed by atoms with E-state index in [2.05, 4.69) is 22.7 Å². The van der Waals surface area contributed by atoms with Crippen molar-refractivity contribution in [2.24, 2.45) is 5.11 Å². The van der Waals surface area contributed by atoms with Crippen LogP contribution < -0.4 is 0 Å². The summed E-state index contributed by atoms with van der Waals surface area (Å²) in [6.45, 7) is 1.92. The normalized spacial score (nSPS) is 8.91. The lowest BCUT2D eigenvalue weighted by Crippen LogP contribution is -1.73. The summed E-state index contributed by atoms with van der Waals surface area (Å²) in [4.78, 5) is 3.58. The van der Waals surface area contributed by atoms with Crippen molar-refractivity contribution < 1.29 is 0 Å². The van der Waals surface area contributed by atoms with Gasteiger partial charge >= 0.3 is 0 Å². The number of aryl methyl sites for hydroxylation is 1. The van der Waals surface area contributed by atoms with Crippen LogP contribution in [0, 0.1) is 6.92 Å². The van der Waals surface area contributed by atoms with Gasteiger partial charge in [-0.1, -0.05) is 11.2 Å². The standard InChI is InChI=1S/C7H7N3S/c1-5-4-6(9-10-8)2-3-7(5)11/h2-4,11H,1H3. The summed E-state index contributed by atoms with van der Waals surface area (Å²) in [7, 11) is 0. The van der Waals surface area contributed by atoms with E-state index < -0.39 is 0 Å². The van der Waals surface area contributed by atoms with Gasteiger partial charge in [-0.3, -0.25) is 0 Å². The fourth-order valence-electron chi connectivity index (χ4n) is 0.753. The minimum absolute atomic E-state index is 0.628. The zero-order valence-corrected chi connectivity index (χ0v) is 6.92. The van der Waals surface area contributed by atoms with Crippen LogP contribution >= 0.6 is 12.6 Å². The summed E-state index contributed by atoms with van der Waals surface area (Å²) in [5.41, 5.74) is 9.76. The molecule has 0 atom stereocenters. The Labute approximate surface area is 70.1 Å². The Kier molecular flexibility index (Phi) is 2.41. The monoisotopic (exact) mass is 165 g/mol. The molecule has 4 heteroatoms. The summed E-state index contributed by atoms with van der Waals surface area (Å²) in [6, 6.07) is 5.33. The molecule has 0 fully saturated rings. The molecule has 1 rings (SSSR count). The van der Waals surface area contributed by atoms with Gasteiger partial charge in [0.2, 0.25) is 0 Å². The molecule has 0 aliphatic rings. The molecule has 0 N–H and O–H groups in total. The number of benzene rings is 1. The van der Waals surface area contributed by atoms with Crippen LogP contribution in [0.3, 0.4) is 0 Å². The third kappa shape index (κ3) is 1.90. The molecule has 0 aliphatic heterocycles. The molecule has 0 saturated carbocycles. The van der Waals surface area contributed by atoms with E-state index in [-0.39, 0.29) is 0 Å². The molecule has 0 bridgehead atoms. The summed E-state index contributed by atoms with van der Waals surface area (Å²) in [6.07, 6.45) is 0. The predicted molar refractivity (Wildman–Crippen MR) is 47.2 cm³/mol. The maximum atomic E-state index is 8.12. The number of rotatable bonds is 1. The van der Waals surface area contributed by atoms with Crippen LogP contribution in [0.1, 0.15) is 5.56 Å². The van der Waals surface area contributed by atoms with Crippen molar-refractivity contribution in [1.82, 2.24) is 0 Å². The highest BCUT2D eigenvalue weighted by molar-refractivity contribution is 7.80. The van der Waals surface area contributed by atoms with E-state index >= 15 is 0 Å². The van der Waals surface area contributed by atoms with Crippen LogP contribution in [0.2, 0.25) is 0 Å². The summed E-state index contributed by atoms with van der Waals surface area (Å²) in [5.74, 6) is 0. The van der Waals surface area contributed by atoms with Crippen molar-refractivity contribution in [2.75, 3.05) is 0 Å². The molecule has 56 valence electrons. The van der Waals surface area contributed by atoms with Crippen molar-refractivity contribution in [3.05, 3.63) is 34.2 Å². The molecule has 0 heterocycles. The summed E-state index contributed by atoms with van der Waals surface area (Å²) >= 11 is 4.18. The smallest absolute Gasteiger partial charge is 0.0378 e. The van der Waals surface area contributed by atoms with E-state index in [0.717, 1.165) is 10.5 Å². The van der Waals surface area contributed by atoms with Crippen LogP contribution in [0.5, 0.6) is 0 Å². The fraction of sp³-hybridized carbons (Fsp3) is 0.143. The van der Waals surface area contributed by atoms with Crippen LogP contribution in [-0.2, 0) is 0 Å². The van der Waals surface area contributed by atoms with Gasteiger partial charge < -0.3 is 0 Å². The topological polar surface area (TPSA) is 48.8 Å². The van der Waals surface area contributed by atoms with Gasteiger partial charge in [-0.05, 0) is 30.2 Å². The van der Waals surface area contributed by atoms with Crippen LogP contribution in [0.25, 0.3) is 10.4 Å². The average molecular weight is 165 g/mol. The van der Waals surface area contributed by atoms with Gasteiger partial charge in [0.25, 0.3) is 0 Å². The fourth-order valence-corrected chi connectivity index (χ4v) is 0.893. The molecule has 1 aromatic carbocycles. The number of nitrogens with zero attached hydrogens (tertiary/aromatic N) is 3. The Morgan fingerprint density at radius 3 is 2.82 bits per heavy atom. The lowest BCUT2D eigenvalue weighted by atomic mass is 10.2. The quantitative estimate of drug-likeness (QED) is 0.287. The third-order valence-corrected chi connectivity index (χ3v) is 1.84. The molecular weight excluding hydrogens is 158 g/mol. The van der Waals surface area contributed by atoms with Gasteiger partial charge in [-0.2, -0.15) is 0 Å². The first-order valence-corrected chi connectivity index (χ1v) is 3.53. The van der Waals surface area contributed by atoms with Gasteiger partial charge in [0.15, 0.2) is 0 Å². The van der Waals surface area contributed by atoms with Gasteiger partial charge in [-0.25, -0.2) is 0 Å². The average Bonchev–Trinajstić information content (AvgIpc) is 1.98. The molecule has 0 radical (unpaired) electrons. The van der Waals surface area contributed by atoms with E-state index in [9.17, 15) is 0 Å². The lowest BCUT2D eigenvalue weighted by molar-refractivity contribution is 1.29. The SMILES string of the molecule is Cc1cc(N=[N+]=[N-])ccc1S. The Morgan fingerprint density at radius 1 is 1.55 bits per heavy atom. The number of azide groups is 1. The van der Waals surface area contributed by atoms with Gasteiger partial charge in [0, 0.05) is 15.5 Å². The Balaban J connectivity index is 3.14.